The molecule has 0 spiro atoms. The first-order valence-electron chi connectivity index (χ1n) is 13.6. The lowest BCUT2D eigenvalue weighted by molar-refractivity contribution is 0.00578. The zero-order valence-electron chi connectivity index (χ0n) is 24.5. The molecule has 3 heterocycles. The van der Waals surface area contributed by atoms with Crippen molar-refractivity contribution in [2.45, 2.75) is 116 Å². The van der Waals surface area contributed by atoms with Crippen LogP contribution in [0.1, 0.15) is 55.4 Å². The fourth-order valence-corrected chi connectivity index (χ4v) is 17.3. The molecular weight excluding hydrogens is 478 g/mol. The van der Waals surface area contributed by atoms with Gasteiger partial charge in [0.2, 0.25) is 0 Å². The standard InChI is InChI=1S/C28H44B2O4Si2/c1-25(2)26(3,4)32-29(31-25)21-19-15-13-14-16-20(19)22(30-33-27(5,6)28(7,8)34-30)24-23(21)35(9,10)17-18-36(24,11)12/h13-16H,17-18H2,1-12H3. The van der Waals surface area contributed by atoms with Crippen molar-refractivity contribution < 1.29 is 18.6 Å². The second kappa shape index (κ2) is 7.83. The molecule has 4 nitrogen and oxygen atoms in total. The molecule has 2 aromatic rings. The SMILES string of the molecule is CC1(C)OB(c2c3c(c(B4OC(C)(C)C(C)(C)O4)c4ccccc24)[Si](C)(C)CC[Si]3(C)C)OC1(C)C. The number of hydrogen-bond acceptors (Lipinski definition) is 4. The Morgan fingerprint density at radius 2 is 0.833 bits per heavy atom. The summed E-state index contributed by atoms with van der Waals surface area (Å²) >= 11 is 0. The van der Waals surface area contributed by atoms with E-state index in [0.717, 1.165) is 0 Å². The minimum Gasteiger partial charge on any atom is -0.399 e. The molecule has 0 radical (unpaired) electrons. The van der Waals surface area contributed by atoms with Gasteiger partial charge in [0.05, 0.1) is 38.6 Å². The molecule has 0 bridgehead atoms. The van der Waals surface area contributed by atoms with Gasteiger partial charge in [0.1, 0.15) is 0 Å². The highest BCUT2D eigenvalue weighted by molar-refractivity contribution is 7.08. The molecule has 2 fully saturated rings. The molecule has 0 aliphatic carbocycles. The van der Waals surface area contributed by atoms with E-state index in [1.165, 1.54) is 33.8 Å². The largest absolute Gasteiger partial charge is 0.495 e. The van der Waals surface area contributed by atoms with Crippen LogP contribution in [-0.2, 0) is 18.6 Å². The first-order chi connectivity index (χ1) is 16.3. The van der Waals surface area contributed by atoms with Gasteiger partial charge in [0.25, 0.3) is 0 Å². The normalized spacial score (nSPS) is 26.9. The Kier molecular flexibility index (Phi) is 5.80. The summed E-state index contributed by atoms with van der Waals surface area (Å²) in [7, 11) is -4.38. The Morgan fingerprint density at radius 3 is 1.11 bits per heavy atom. The van der Waals surface area contributed by atoms with Crippen LogP contribution in [0.4, 0.5) is 0 Å². The van der Waals surface area contributed by atoms with Gasteiger partial charge in [0.15, 0.2) is 0 Å². The van der Waals surface area contributed by atoms with Crippen LogP contribution in [0.3, 0.4) is 0 Å². The van der Waals surface area contributed by atoms with E-state index in [4.69, 9.17) is 18.6 Å². The second-order valence-electron chi connectivity index (χ2n) is 14.6. The van der Waals surface area contributed by atoms with Gasteiger partial charge in [-0.3, -0.25) is 0 Å². The van der Waals surface area contributed by atoms with Crippen LogP contribution in [0.15, 0.2) is 24.3 Å². The summed E-state index contributed by atoms with van der Waals surface area (Å²) in [5.74, 6) is 0. The van der Waals surface area contributed by atoms with Crippen molar-refractivity contribution in [2.75, 3.05) is 0 Å². The van der Waals surface area contributed by atoms with Gasteiger partial charge in [-0.25, -0.2) is 0 Å². The van der Waals surface area contributed by atoms with Crippen LogP contribution in [0, 0.1) is 0 Å². The molecule has 3 aliphatic rings. The Hall–Kier alpha value is -0.896. The highest BCUT2D eigenvalue weighted by atomic mass is 28.3. The predicted octanol–water partition coefficient (Wildman–Crippen LogP) is 4.28. The number of hydrogen-bond donors (Lipinski definition) is 0. The van der Waals surface area contributed by atoms with Crippen LogP contribution in [0.25, 0.3) is 10.8 Å². The van der Waals surface area contributed by atoms with Crippen molar-refractivity contribution in [3.05, 3.63) is 24.3 Å². The van der Waals surface area contributed by atoms with E-state index in [-0.39, 0.29) is 36.6 Å². The van der Waals surface area contributed by atoms with Gasteiger partial charge in [-0.1, -0.05) is 72.9 Å². The summed E-state index contributed by atoms with van der Waals surface area (Å²) in [6, 6.07) is 11.4. The van der Waals surface area contributed by atoms with Crippen molar-refractivity contribution in [3.8, 4) is 0 Å². The van der Waals surface area contributed by atoms with Gasteiger partial charge >= 0.3 is 14.2 Å². The summed E-state index contributed by atoms with van der Waals surface area (Å²) < 4.78 is 27.1. The van der Waals surface area contributed by atoms with Gasteiger partial charge in [0, 0.05) is 0 Å². The molecular formula is C28H44B2O4Si2. The minimum absolute atomic E-state index is 0.379. The third kappa shape index (κ3) is 3.77. The Balaban J connectivity index is 1.88. The summed E-state index contributed by atoms with van der Waals surface area (Å²) in [4.78, 5) is 0. The van der Waals surface area contributed by atoms with Gasteiger partial charge in [-0.2, -0.15) is 0 Å². The molecule has 2 aromatic carbocycles. The Labute approximate surface area is 221 Å². The molecule has 36 heavy (non-hydrogen) atoms. The van der Waals surface area contributed by atoms with E-state index in [9.17, 15) is 0 Å². The topological polar surface area (TPSA) is 36.9 Å². The molecule has 0 saturated carbocycles. The van der Waals surface area contributed by atoms with Crippen LogP contribution >= 0.6 is 0 Å². The zero-order chi connectivity index (χ0) is 26.7. The summed E-state index contributed by atoms with van der Waals surface area (Å²) in [5, 5.41) is 5.55. The zero-order valence-corrected chi connectivity index (χ0v) is 26.5. The Morgan fingerprint density at radius 1 is 0.556 bits per heavy atom. The Bertz CT molecular complexity index is 1110. The maximum absolute atomic E-state index is 6.77. The lowest BCUT2D eigenvalue weighted by atomic mass is 9.69. The maximum Gasteiger partial charge on any atom is 0.495 e. The monoisotopic (exact) mass is 522 g/mol. The molecule has 0 aromatic heterocycles. The number of fused-ring (bicyclic) bond motifs is 2. The van der Waals surface area contributed by atoms with Gasteiger partial charge in [-0.05, 0) is 77.1 Å². The van der Waals surface area contributed by atoms with Crippen molar-refractivity contribution in [1.29, 1.82) is 0 Å². The third-order valence-corrected chi connectivity index (χ3v) is 17.5. The molecule has 3 aliphatic heterocycles. The van der Waals surface area contributed by atoms with E-state index in [1.54, 1.807) is 10.4 Å². The first kappa shape index (κ1) is 26.7. The van der Waals surface area contributed by atoms with Crippen molar-refractivity contribution in [1.82, 2.24) is 0 Å². The predicted molar refractivity (Wildman–Crippen MR) is 159 cm³/mol. The molecule has 0 unspecified atom stereocenters. The highest BCUT2D eigenvalue weighted by Crippen LogP contribution is 2.39. The fraction of sp³-hybridized carbons (Fsp3) is 0.643. The lowest BCUT2D eigenvalue weighted by Gasteiger charge is -2.43. The average Bonchev–Trinajstić information content (AvgIpc) is 3.08. The average molecular weight is 522 g/mol. The molecule has 0 amide bonds. The number of benzene rings is 2. The highest BCUT2D eigenvalue weighted by Gasteiger charge is 2.58. The lowest BCUT2D eigenvalue weighted by Crippen LogP contribution is -2.75. The molecule has 0 atom stereocenters. The summed E-state index contributed by atoms with van der Waals surface area (Å²) in [6.45, 7) is 27.4. The molecule has 194 valence electrons. The van der Waals surface area contributed by atoms with Crippen LogP contribution in [0.2, 0.25) is 38.3 Å². The van der Waals surface area contributed by atoms with E-state index >= 15 is 0 Å². The van der Waals surface area contributed by atoms with Gasteiger partial charge in [-0.15, -0.1) is 0 Å². The number of rotatable bonds is 2. The van der Waals surface area contributed by atoms with E-state index in [2.05, 4.69) is 106 Å². The van der Waals surface area contributed by atoms with Crippen molar-refractivity contribution in [3.63, 3.8) is 0 Å². The molecule has 5 rings (SSSR count). The first-order valence-corrected chi connectivity index (χ1v) is 20.0. The van der Waals surface area contributed by atoms with E-state index in [0.29, 0.717) is 0 Å². The van der Waals surface area contributed by atoms with E-state index in [1.807, 2.05) is 0 Å². The van der Waals surface area contributed by atoms with E-state index < -0.39 is 16.1 Å². The minimum atomic E-state index is -1.81. The van der Waals surface area contributed by atoms with Crippen LogP contribution < -0.4 is 21.3 Å². The quantitative estimate of drug-likeness (QED) is 0.552. The van der Waals surface area contributed by atoms with Crippen molar-refractivity contribution in [2.24, 2.45) is 0 Å². The van der Waals surface area contributed by atoms with Crippen LogP contribution in [0.5, 0.6) is 0 Å². The third-order valence-electron chi connectivity index (χ3n) is 10.0. The van der Waals surface area contributed by atoms with Gasteiger partial charge < -0.3 is 18.6 Å². The smallest absolute Gasteiger partial charge is 0.399 e. The molecule has 2 saturated heterocycles. The summed E-state index contributed by atoms with van der Waals surface area (Å²) in [5.41, 5.74) is 1.01. The van der Waals surface area contributed by atoms with Crippen molar-refractivity contribution >= 4 is 62.5 Å². The molecule has 8 heteroatoms. The second-order valence-corrected chi connectivity index (χ2v) is 24.1. The maximum atomic E-state index is 6.77. The fourth-order valence-electron chi connectivity index (χ4n) is 6.18. The van der Waals surface area contributed by atoms with Crippen LogP contribution in [-0.4, -0.2) is 52.8 Å². The molecule has 0 N–H and O–H groups in total. The summed E-state index contributed by atoms with van der Waals surface area (Å²) in [6.07, 6.45) is 0.